The average molecular weight is 393 g/mol. The predicted octanol–water partition coefficient (Wildman–Crippen LogP) is 2.72. The second-order valence-electron chi connectivity index (χ2n) is 6.93. The van der Waals surface area contributed by atoms with E-state index in [1.165, 1.54) is 16.7 Å². The van der Waals surface area contributed by atoms with Crippen molar-refractivity contribution in [1.29, 1.82) is 0 Å². The number of aromatic nitrogens is 2. The lowest BCUT2D eigenvalue weighted by molar-refractivity contribution is 0.0727. The van der Waals surface area contributed by atoms with Crippen LogP contribution in [0.1, 0.15) is 27.3 Å². The number of rotatable bonds is 4. The summed E-state index contributed by atoms with van der Waals surface area (Å²) in [6, 6.07) is 12.6. The van der Waals surface area contributed by atoms with E-state index in [4.69, 9.17) is 4.74 Å². The Bertz CT molecular complexity index is 1110. The maximum atomic E-state index is 13.2. The fourth-order valence-corrected chi connectivity index (χ4v) is 3.49. The van der Waals surface area contributed by atoms with E-state index in [1.54, 1.807) is 48.5 Å². The van der Waals surface area contributed by atoms with Gasteiger partial charge in [-0.25, -0.2) is 9.37 Å². The van der Waals surface area contributed by atoms with Crippen LogP contribution in [0.4, 0.5) is 4.39 Å². The average Bonchev–Trinajstić information content (AvgIpc) is 2.73. The number of hydrogen-bond donors (Lipinski definition) is 0. The summed E-state index contributed by atoms with van der Waals surface area (Å²) in [7, 11) is 1.58. The minimum Gasteiger partial charge on any atom is -0.378 e. The van der Waals surface area contributed by atoms with E-state index in [0.29, 0.717) is 43.2 Å². The number of amides is 1. The molecule has 0 atom stereocenters. The third-order valence-corrected chi connectivity index (χ3v) is 4.95. The summed E-state index contributed by atoms with van der Waals surface area (Å²) in [4.78, 5) is 31.5. The van der Waals surface area contributed by atoms with Crippen molar-refractivity contribution < 1.29 is 13.9 Å². The molecule has 2 aromatic heterocycles. The lowest BCUT2D eigenvalue weighted by Gasteiger charge is -2.29. The van der Waals surface area contributed by atoms with Crippen LogP contribution >= 0.6 is 0 Å². The molecule has 29 heavy (non-hydrogen) atoms. The first-order chi connectivity index (χ1) is 14.0. The first kappa shape index (κ1) is 19.0. The van der Waals surface area contributed by atoms with Crippen molar-refractivity contribution in [3.8, 4) is 5.69 Å². The van der Waals surface area contributed by atoms with Crippen molar-refractivity contribution >= 4 is 5.91 Å². The maximum Gasteiger partial charge on any atom is 0.272 e. The Balaban J connectivity index is 1.61. The molecule has 0 fully saturated rings. The first-order valence-electron chi connectivity index (χ1n) is 9.29. The number of ether oxygens (including phenoxy) is 1. The Morgan fingerprint density at radius 3 is 2.72 bits per heavy atom. The van der Waals surface area contributed by atoms with Crippen molar-refractivity contribution in [2.75, 3.05) is 13.7 Å². The van der Waals surface area contributed by atoms with Crippen molar-refractivity contribution in [3.05, 3.63) is 93.4 Å². The molecule has 1 aliphatic rings. The summed E-state index contributed by atoms with van der Waals surface area (Å²) in [5, 5.41) is 0. The maximum absolute atomic E-state index is 13.2. The molecule has 0 bridgehead atoms. The zero-order valence-electron chi connectivity index (χ0n) is 16.0. The Labute approximate surface area is 167 Å². The summed E-state index contributed by atoms with van der Waals surface area (Å²) in [6.45, 7) is 1.24. The molecule has 6 nitrogen and oxygen atoms in total. The van der Waals surface area contributed by atoms with Gasteiger partial charge in [-0.1, -0.05) is 6.07 Å². The van der Waals surface area contributed by atoms with Gasteiger partial charge in [0, 0.05) is 38.1 Å². The molecule has 4 rings (SSSR count). The minimum absolute atomic E-state index is 0.159. The molecule has 0 aliphatic carbocycles. The molecule has 0 saturated heterocycles. The van der Waals surface area contributed by atoms with E-state index in [0.717, 1.165) is 11.1 Å². The Kier molecular flexibility index (Phi) is 5.22. The van der Waals surface area contributed by atoms with Gasteiger partial charge in [0.25, 0.3) is 11.5 Å². The van der Waals surface area contributed by atoms with Crippen LogP contribution in [0.25, 0.3) is 5.69 Å². The van der Waals surface area contributed by atoms with Crippen LogP contribution in [0, 0.1) is 5.82 Å². The Morgan fingerprint density at radius 2 is 1.97 bits per heavy atom. The number of fused-ring (bicyclic) bond motifs is 1. The molecule has 1 aliphatic heterocycles. The lowest BCUT2D eigenvalue weighted by atomic mass is 10.0. The van der Waals surface area contributed by atoms with Crippen molar-refractivity contribution in [3.63, 3.8) is 0 Å². The van der Waals surface area contributed by atoms with Gasteiger partial charge in [-0.2, -0.15) is 0 Å². The summed E-state index contributed by atoms with van der Waals surface area (Å²) in [6.07, 6.45) is 2.33. The first-order valence-corrected chi connectivity index (χ1v) is 9.29. The van der Waals surface area contributed by atoms with E-state index in [1.807, 2.05) is 6.07 Å². The number of benzene rings is 1. The SMILES string of the molecule is COCc1cccc(C(=O)N2CCc3cc(=O)n(-c4ccc(F)cc4)cc3C2)n1. The topological polar surface area (TPSA) is 64.4 Å². The molecule has 7 heteroatoms. The monoisotopic (exact) mass is 393 g/mol. The number of methoxy groups -OCH3 is 1. The van der Waals surface area contributed by atoms with E-state index in [-0.39, 0.29) is 17.3 Å². The summed E-state index contributed by atoms with van der Waals surface area (Å²) >= 11 is 0. The highest BCUT2D eigenvalue weighted by molar-refractivity contribution is 5.92. The molecule has 3 aromatic rings. The molecule has 0 N–H and O–H groups in total. The molecule has 0 saturated carbocycles. The molecule has 148 valence electrons. The largest absolute Gasteiger partial charge is 0.378 e. The summed E-state index contributed by atoms with van der Waals surface area (Å²) in [5.74, 6) is -0.520. The van der Waals surface area contributed by atoms with Crippen LogP contribution in [0.3, 0.4) is 0 Å². The number of carbonyl (C=O) groups is 1. The van der Waals surface area contributed by atoms with Gasteiger partial charge in [0.05, 0.1) is 12.3 Å². The lowest BCUT2D eigenvalue weighted by Crippen LogP contribution is -2.37. The van der Waals surface area contributed by atoms with Crippen molar-refractivity contribution in [1.82, 2.24) is 14.5 Å². The van der Waals surface area contributed by atoms with Gasteiger partial charge in [0.1, 0.15) is 11.5 Å². The van der Waals surface area contributed by atoms with Crippen molar-refractivity contribution in [2.24, 2.45) is 0 Å². The third-order valence-electron chi connectivity index (χ3n) is 4.95. The van der Waals surface area contributed by atoms with Gasteiger partial charge in [0.2, 0.25) is 0 Å². The molecule has 1 aromatic carbocycles. The quantitative estimate of drug-likeness (QED) is 0.684. The summed E-state index contributed by atoms with van der Waals surface area (Å²) in [5.41, 5.74) is 3.29. The van der Waals surface area contributed by atoms with Gasteiger partial charge in [-0.05, 0) is 53.9 Å². The third kappa shape index (κ3) is 3.95. The highest BCUT2D eigenvalue weighted by atomic mass is 19.1. The van der Waals surface area contributed by atoms with Gasteiger partial charge in [-0.15, -0.1) is 0 Å². The van der Waals surface area contributed by atoms with Gasteiger partial charge in [0.15, 0.2) is 0 Å². The zero-order chi connectivity index (χ0) is 20.4. The van der Waals surface area contributed by atoms with Gasteiger partial charge >= 0.3 is 0 Å². The van der Waals surface area contributed by atoms with Crippen LogP contribution in [0.2, 0.25) is 0 Å². The minimum atomic E-state index is -0.361. The van der Waals surface area contributed by atoms with Crippen LogP contribution in [0.5, 0.6) is 0 Å². The Hall–Kier alpha value is -3.32. The molecular weight excluding hydrogens is 373 g/mol. The fraction of sp³-hybridized carbons (Fsp3) is 0.227. The van der Waals surface area contributed by atoms with Crippen molar-refractivity contribution in [2.45, 2.75) is 19.6 Å². The molecule has 0 unspecified atom stereocenters. The number of halogens is 1. The van der Waals surface area contributed by atoms with Crippen LogP contribution in [0.15, 0.2) is 59.5 Å². The standard InChI is InChI=1S/C22H20FN3O3/c1-29-14-18-3-2-4-20(24-18)22(28)25-10-9-15-11-21(27)26(13-16(15)12-25)19-7-5-17(23)6-8-19/h2-8,11,13H,9-10,12,14H2,1H3. The summed E-state index contributed by atoms with van der Waals surface area (Å²) < 4.78 is 19.8. The number of nitrogens with zero attached hydrogens (tertiary/aromatic N) is 3. The van der Waals surface area contributed by atoms with Gasteiger partial charge < -0.3 is 9.64 Å². The predicted molar refractivity (Wildman–Crippen MR) is 105 cm³/mol. The molecular formula is C22H20FN3O3. The number of pyridine rings is 2. The van der Waals surface area contributed by atoms with E-state index in [9.17, 15) is 14.0 Å². The fourth-order valence-electron chi connectivity index (χ4n) is 3.49. The van der Waals surface area contributed by atoms with Crippen LogP contribution in [-0.2, 0) is 24.3 Å². The second kappa shape index (κ2) is 7.97. The highest BCUT2D eigenvalue weighted by Crippen LogP contribution is 2.20. The molecule has 1 amide bonds. The zero-order valence-corrected chi connectivity index (χ0v) is 16.0. The van der Waals surface area contributed by atoms with E-state index >= 15 is 0 Å². The second-order valence-corrected chi connectivity index (χ2v) is 6.93. The van der Waals surface area contributed by atoms with Gasteiger partial charge in [-0.3, -0.25) is 14.2 Å². The molecule has 0 spiro atoms. The van der Waals surface area contributed by atoms with E-state index < -0.39 is 0 Å². The number of hydrogen-bond acceptors (Lipinski definition) is 4. The highest BCUT2D eigenvalue weighted by Gasteiger charge is 2.24. The number of carbonyl (C=O) groups excluding carboxylic acids is 1. The molecule has 0 radical (unpaired) electrons. The van der Waals surface area contributed by atoms with E-state index in [2.05, 4.69) is 4.98 Å². The smallest absolute Gasteiger partial charge is 0.272 e. The van der Waals surface area contributed by atoms with Crippen LogP contribution < -0.4 is 5.56 Å². The molecule has 3 heterocycles. The Morgan fingerprint density at radius 1 is 1.17 bits per heavy atom. The normalized spacial score (nSPS) is 13.2. The van der Waals surface area contributed by atoms with Crippen LogP contribution in [-0.4, -0.2) is 34.0 Å².